The van der Waals surface area contributed by atoms with Crippen molar-refractivity contribution in [2.75, 3.05) is 0 Å². The summed E-state index contributed by atoms with van der Waals surface area (Å²) in [6.07, 6.45) is 7.68. The molecule has 0 fully saturated rings. The van der Waals surface area contributed by atoms with Crippen molar-refractivity contribution in [3.63, 3.8) is 0 Å². The summed E-state index contributed by atoms with van der Waals surface area (Å²) in [5.41, 5.74) is 0. The van der Waals surface area contributed by atoms with Crippen molar-refractivity contribution in [2.24, 2.45) is 0 Å². The molecule has 0 rings (SSSR count). The van der Waals surface area contributed by atoms with Gasteiger partial charge in [0.05, 0.1) is 6.04 Å². The molecule has 2 unspecified atom stereocenters. The van der Waals surface area contributed by atoms with Gasteiger partial charge in [-0.2, -0.15) is 0 Å². The molecule has 0 spiro atoms. The van der Waals surface area contributed by atoms with Crippen LogP contribution in [0.4, 0.5) is 0 Å². The normalized spacial score (nSPS) is 14.5. The van der Waals surface area contributed by atoms with Crippen LogP contribution in [0.15, 0.2) is 0 Å². The topological polar surface area (TPSA) is 49.3 Å². The van der Waals surface area contributed by atoms with Crippen molar-refractivity contribution in [1.82, 2.24) is 5.32 Å². The Hall–Kier alpha value is -1.01. The summed E-state index contributed by atoms with van der Waals surface area (Å²) in [5.74, 6) is 1.63. The highest BCUT2D eigenvalue weighted by molar-refractivity contribution is 5.73. The van der Waals surface area contributed by atoms with Gasteiger partial charge in [-0.3, -0.25) is 10.1 Å². The Bertz CT molecular complexity index is 196. The number of rotatable bonds is 6. The van der Waals surface area contributed by atoms with Gasteiger partial charge in [-0.1, -0.05) is 25.7 Å². The number of carboxylic acid groups (broad SMARTS) is 1. The zero-order valence-corrected chi connectivity index (χ0v) is 8.21. The molecule has 2 N–H and O–H groups in total. The Morgan fingerprint density at radius 1 is 1.69 bits per heavy atom. The van der Waals surface area contributed by atoms with Crippen LogP contribution < -0.4 is 5.32 Å². The first-order valence-corrected chi connectivity index (χ1v) is 4.56. The lowest BCUT2D eigenvalue weighted by Crippen LogP contribution is -2.41. The molecular formula is C10H17NO2. The number of carbonyl (C=O) groups is 1. The van der Waals surface area contributed by atoms with E-state index in [1.165, 1.54) is 0 Å². The zero-order valence-electron chi connectivity index (χ0n) is 8.21. The number of hydrogen-bond donors (Lipinski definition) is 2. The molecule has 0 aliphatic carbocycles. The van der Waals surface area contributed by atoms with E-state index in [4.69, 9.17) is 11.5 Å². The lowest BCUT2D eigenvalue weighted by Gasteiger charge is -2.15. The number of carboxylic acids is 1. The SMILES string of the molecule is C#CC(C)NC(CCCC)C(=O)O. The first kappa shape index (κ1) is 12.0. The molecule has 0 aromatic carbocycles. The summed E-state index contributed by atoms with van der Waals surface area (Å²) in [5, 5.41) is 11.7. The van der Waals surface area contributed by atoms with Gasteiger partial charge in [0.1, 0.15) is 6.04 Å². The Kier molecular flexibility index (Phi) is 5.99. The highest BCUT2D eigenvalue weighted by atomic mass is 16.4. The molecule has 74 valence electrons. The minimum Gasteiger partial charge on any atom is -0.480 e. The highest BCUT2D eigenvalue weighted by Crippen LogP contribution is 2.01. The van der Waals surface area contributed by atoms with Gasteiger partial charge in [0, 0.05) is 0 Å². The minimum absolute atomic E-state index is 0.182. The van der Waals surface area contributed by atoms with Crippen LogP contribution in [0, 0.1) is 12.3 Å². The van der Waals surface area contributed by atoms with Crippen LogP contribution in [0.1, 0.15) is 33.1 Å². The van der Waals surface area contributed by atoms with E-state index in [1.807, 2.05) is 6.92 Å². The van der Waals surface area contributed by atoms with E-state index >= 15 is 0 Å². The highest BCUT2D eigenvalue weighted by Gasteiger charge is 2.17. The van der Waals surface area contributed by atoms with Gasteiger partial charge >= 0.3 is 5.97 Å². The number of hydrogen-bond acceptors (Lipinski definition) is 2. The molecular weight excluding hydrogens is 166 g/mol. The lowest BCUT2D eigenvalue weighted by atomic mass is 10.1. The van der Waals surface area contributed by atoms with E-state index in [0.717, 1.165) is 12.8 Å². The quantitative estimate of drug-likeness (QED) is 0.609. The van der Waals surface area contributed by atoms with Crippen molar-refractivity contribution in [3.05, 3.63) is 0 Å². The average Bonchev–Trinajstić information content (AvgIpc) is 2.11. The first-order chi connectivity index (χ1) is 6.11. The second-order valence-electron chi connectivity index (χ2n) is 3.09. The molecule has 0 bridgehead atoms. The summed E-state index contributed by atoms with van der Waals surface area (Å²) >= 11 is 0. The fourth-order valence-electron chi connectivity index (χ4n) is 1.04. The summed E-state index contributed by atoms with van der Waals surface area (Å²) in [6, 6.07) is -0.691. The summed E-state index contributed by atoms with van der Waals surface area (Å²) in [4.78, 5) is 10.7. The third-order valence-corrected chi connectivity index (χ3v) is 1.85. The average molecular weight is 183 g/mol. The van der Waals surface area contributed by atoms with Gasteiger partial charge in [-0.15, -0.1) is 6.42 Å². The van der Waals surface area contributed by atoms with Crippen LogP contribution in [0.25, 0.3) is 0 Å². The Labute approximate surface area is 79.5 Å². The van der Waals surface area contributed by atoms with Crippen molar-refractivity contribution >= 4 is 5.97 Å². The maximum absolute atomic E-state index is 10.7. The Morgan fingerprint density at radius 2 is 2.31 bits per heavy atom. The lowest BCUT2D eigenvalue weighted by molar-refractivity contribution is -0.139. The molecule has 0 heterocycles. The molecule has 0 saturated carbocycles. The van der Waals surface area contributed by atoms with E-state index in [1.54, 1.807) is 6.92 Å². The van der Waals surface area contributed by atoms with E-state index in [9.17, 15) is 4.79 Å². The molecule has 13 heavy (non-hydrogen) atoms. The number of terminal acetylenes is 1. The van der Waals surface area contributed by atoms with Crippen molar-refractivity contribution < 1.29 is 9.90 Å². The first-order valence-electron chi connectivity index (χ1n) is 4.56. The van der Waals surface area contributed by atoms with E-state index in [0.29, 0.717) is 6.42 Å². The van der Waals surface area contributed by atoms with Gasteiger partial charge in [-0.05, 0) is 13.3 Å². The number of unbranched alkanes of at least 4 members (excludes halogenated alkanes) is 1. The largest absolute Gasteiger partial charge is 0.480 e. The molecule has 0 aromatic heterocycles. The van der Waals surface area contributed by atoms with E-state index in [2.05, 4.69) is 11.2 Å². The predicted molar refractivity (Wildman–Crippen MR) is 52.4 cm³/mol. The van der Waals surface area contributed by atoms with Gasteiger partial charge in [0.15, 0.2) is 0 Å². The van der Waals surface area contributed by atoms with Crippen molar-refractivity contribution in [1.29, 1.82) is 0 Å². The molecule has 3 nitrogen and oxygen atoms in total. The van der Waals surface area contributed by atoms with Gasteiger partial charge in [0.25, 0.3) is 0 Å². The molecule has 3 heteroatoms. The van der Waals surface area contributed by atoms with Crippen molar-refractivity contribution in [2.45, 2.75) is 45.2 Å². The molecule has 0 saturated heterocycles. The Morgan fingerprint density at radius 3 is 2.69 bits per heavy atom. The van der Waals surface area contributed by atoms with Crippen molar-refractivity contribution in [3.8, 4) is 12.3 Å². The smallest absolute Gasteiger partial charge is 0.320 e. The van der Waals surface area contributed by atoms with Crippen LogP contribution >= 0.6 is 0 Å². The Balaban J connectivity index is 3.96. The molecule has 0 amide bonds. The maximum atomic E-state index is 10.7. The third-order valence-electron chi connectivity index (χ3n) is 1.85. The summed E-state index contributed by atoms with van der Waals surface area (Å²) in [7, 11) is 0. The molecule has 0 aliphatic heterocycles. The number of nitrogens with one attached hydrogen (secondary N) is 1. The maximum Gasteiger partial charge on any atom is 0.320 e. The van der Waals surface area contributed by atoms with Crippen LogP contribution in [0.3, 0.4) is 0 Å². The molecule has 0 aliphatic rings. The minimum atomic E-state index is -0.824. The molecule has 0 radical (unpaired) electrons. The standard InChI is InChI=1S/C10H17NO2/c1-4-6-7-9(10(12)13)11-8(3)5-2/h2,8-9,11H,4,6-7H2,1,3H3,(H,12,13). The van der Waals surface area contributed by atoms with Crippen LogP contribution in [-0.4, -0.2) is 23.2 Å². The zero-order chi connectivity index (χ0) is 10.3. The number of aliphatic carboxylic acids is 1. The van der Waals surface area contributed by atoms with E-state index < -0.39 is 12.0 Å². The monoisotopic (exact) mass is 183 g/mol. The molecule has 0 aromatic rings. The van der Waals surface area contributed by atoms with Gasteiger partial charge in [0.2, 0.25) is 0 Å². The summed E-state index contributed by atoms with van der Waals surface area (Å²) in [6.45, 7) is 3.81. The second kappa shape index (κ2) is 6.50. The van der Waals surface area contributed by atoms with E-state index in [-0.39, 0.29) is 6.04 Å². The second-order valence-corrected chi connectivity index (χ2v) is 3.09. The van der Waals surface area contributed by atoms with Crippen LogP contribution in [-0.2, 0) is 4.79 Å². The summed E-state index contributed by atoms with van der Waals surface area (Å²) < 4.78 is 0. The fraction of sp³-hybridized carbons (Fsp3) is 0.700. The molecule has 2 atom stereocenters. The van der Waals surface area contributed by atoms with Gasteiger partial charge in [-0.25, -0.2) is 0 Å². The third kappa shape index (κ3) is 5.26. The van der Waals surface area contributed by atoms with Crippen LogP contribution in [0.2, 0.25) is 0 Å². The fourth-order valence-corrected chi connectivity index (χ4v) is 1.04. The predicted octanol–water partition coefficient (Wildman–Crippen LogP) is 1.24. The van der Waals surface area contributed by atoms with Crippen LogP contribution in [0.5, 0.6) is 0 Å². The van der Waals surface area contributed by atoms with Gasteiger partial charge < -0.3 is 5.11 Å².